The fraction of sp³-hybridized carbons (Fsp3) is 0.0909. The highest BCUT2D eigenvalue weighted by Gasteiger charge is 2.20. The summed E-state index contributed by atoms with van der Waals surface area (Å²) in [7, 11) is 0. The van der Waals surface area contributed by atoms with Gasteiger partial charge in [0.2, 0.25) is 5.95 Å². The zero-order valence-corrected chi connectivity index (χ0v) is 17.3. The summed E-state index contributed by atoms with van der Waals surface area (Å²) in [6, 6.07) is 15.9. The Labute approximate surface area is 182 Å². The van der Waals surface area contributed by atoms with Crippen LogP contribution in [0, 0.1) is 0 Å². The third-order valence-electron chi connectivity index (χ3n) is 4.91. The van der Waals surface area contributed by atoms with Crippen LogP contribution in [-0.2, 0) is 0 Å². The normalized spacial score (nSPS) is 11.9. The van der Waals surface area contributed by atoms with E-state index in [1.54, 1.807) is 16.7 Å². The lowest BCUT2D eigenvalue weighted by Gasteiger charge is -2.22. The number of nitrogens with zero attached hydrogens (tertiary/aromatic N) is 3. The molecule has 31 heavy (non-hydrogen) atoms. The van der Waals surface area contributed by atoms with E-state index in [-0.39, 0.29) is 22.9 Å². The summed E-state index contributed by atoms with van der Waals surface area (Å²) in [5.74, 6) is -0.517. The number of benzene rings is 2. The van der Waals surface area contributed by atoms with Crippen molar-refractivity contribution in [1.29, 1.82) is 0 Å². The van der Waals surface area contributed by atoms with Gasteiger partial charge in [-0.25, -0.2) is 4.98 Å². The van der Waals surface area contributed by atoms with Crippen molar-refractivity contribution in [3.05, 3.63) is 87.4 Å². The molecule has 0 spiro atoms. The van der Waals surface area contributed by atoms with Gasteiger partial charge in [-0.3, -0.25) is 14.2 Å². The number of primary amides is 1. The molecule has 0 aliphatic heterocycles. The fourth-order valence-electron chi connectivity index (χ4n) is 3.47. The second kappa shape index (κ2) is 8.08. The van der Waals surface area contributed by atoms with Crippen molar-refractivity contribution in [1.82, 2.24) is 14.5 Å². The van der Waals surface area contributed by atoms with Gasteiger partial charge in [-0.2, -0.15) is 4.98 Å². The van der Waals surface area contributed by atoms with Crippen LogP contribution in [-0.4, -0.2) is 20.4 Å². The van der Waals surface area contributed by atoms with E-state index in [0.29, 0.717) is 27.2 Å². The lowest BCUT2D eigenvalue weighted by Crippen LogP contribution is -2.26. The number of carbonyl (C=O) groups excluding carboxylic acids is 1. The van der Waals surface area contributed by atoms with Gasteiger partial charge in [-0.05, 0) is 36.6 Å². The monoisotopic (exact) mass is 434 g/mol. The summed E-state index contributed by atoms with van der Waals surface area (Å²) in [6.07, 6.45) is 1.27. The van der Waals surface area contributed by atoms with Gasteiger partial charge in [-0.15, -0.1) is 0 Å². The number of halogens is 1. The van der Waals surface area contributed by atoms with Gasteiger partial charge in [0.15, 0.2) is 0 Å². The third-order valence-corrected chi connectivity index (χ3v) is 5.22. The lowest BCUT2D eigenvalue weighted by molar-refractivity contribution is 0.100. The third kappa shape index (κ3) is 3.80. The van der Waals surface area contributed by atoms with Crippen LogP contribution in [0.3, 0.4) is 0 Å². The highest BCUT2D eigenvalue weighted by atomic mass is 35.5. The van der Waals surface area contributed by atoms with Crippen molar-refractivity contribution in [2.24, 2.45) is 5.73 Å². The van der Waals surface area contributed by atoms with Crippen LogP contribution in [0.25, 0.3) is 16.5 Å². The van der Waals surface area contributed by atoms with Gasteiger partial charge in [-0.1, -0.05) is 41.9 Å². The predicted molar refractivity (Wildman–Crippen MR) is 122 cm³/mol. The van der Waals surface area contributed by atoms with Crippen molar-refractivity contribution >= 4 is 40.0 Å². The molecule has 5 N–H and O–H groups in total. The van der Waals surface area contributed by atoms with E-state index in [2.05, 4.69) is 15.3 Å². The first-order chi connectivity index (χ1) is 14.9. The summed E-state index contributed by atoms with van der Waals surface area (Å²) < 4.78 is 1.58. The molecule has 9 heteroatoms. The Morgan fingerprint density at radius 2 is 1.90 bits per heavy atom. The molecule has 0 saturated heterocycles. The Morgan fingerprint density at radius 3 is 2.61 bits per heavy atom. The van der Waals surface area contributed by atoms with Crippen molar-refractivity contribution in [2.75, 3.05) is 11.1 Å². The van der Waals surface area contributed by atoms with Gasteiger partial charge in [0.1, 0.15) is 5.82 Å². The van der Waals surface area contributed by atoms with Gasteiger partial charge < -0.3 is 16.8 Å². The van der Waals surface area contributed by atoms with Crippen molar-refractivity contribution in [2.45, 2.75) is 13.0 Å². The van der Waals surface area contributed by atoms with E-state index in [9.17, 15) is 9.59 Å². The second-order valence-electron chi connectivity index (χ2n) is 6.97. The molecule has 8 nitrogen and oxygen atoms in total. The summed E-state index contributed by atoms with van der Waals surface area (Å²) >= 11 is 6.35. The maximum Gasteiger partial charge on any atom is 0.264 e. The Balaban J connectivity index is 1.92. The van der Waals surface area contributed by atoms with Crippen LogP contribution in [0.1, 0.15) is 29.0 Å². The first kappa shape index (κ1) is 20.4. The SMILES string of the molecule is C[C@H](Nc1nc(N)ncc1C(N)=O)c1cc2cccc(Cl)c2c(=O)n1-c1ccccc1. The molecule has 2 aromatic heterocycles. The Kier molecular flexibility index (Phi) is 5.31. The molecule has 2 aromatic carbocycles. The highest BCUT2D eigenvalue weighted by Crippen LogP contribution is 2.27. The molecule has 0 unspecified atom stereocenters. The zero-order chi connectivity index (χ0) is 22.1. The number of rotatable bonds is 5. The van der Waals surface area contributed by atoms with Crippen LogP contribution >= 0.6 is 11.6 Å². The van der Waals surface area contributed by atoms with Gasteiger partial charge in [0.05, 0.1) is 22.0 Å². The van der Waals surface area contributed by atoms with E-state index in [0.717, 1.165) is 0 Å². The molecule has 156 valence electrons. The molecular formula is C22H19ClN6O2. The molecule has 1 atom stereocenters. The standard InChI is InChI=1S/C22H19ClN6O2/c1-12(27-20-15(19(24)30)11-26-22(25)28-20)17-10-13-6-5-9-16(23)18(13)21(31)29(17)14-7-3-2-4-8-14/h2-12H,1H3,(H2,24,30)(H3,25,26,27,28)/t12-/m0/s1. The summed E-state index contributed by atoms with van der Waals surface area (Å²) in [5.41, 5.74) is 12.3. The van der Waals surface area contributed by atoms with Crippen LogP contribution in [0.2, 0.25) is 5.02 Å². The Morgan fingerprint density at radius 1 is 1.16 bits per heavy atom. The number of hydrogen-bond acceptors (Lipinski definition) is 6. The van der Waals surface area contributed by atoms with Gasteiger partial charge in [0.25, 0.3) is 11.5 Å². The number of pyridine rings is 1. The van der Waals surface area contributed by atoms with Crippen LogP contribution in [0.15, 0.2) is 65.6 Å². The van der Waals surface area contributed by atoms with Crippen molar-refractivity contribution in [3.8, 4) is 5.69 Å². The van der Waals surface area contributed by atoms with Crippen LogP contribution in [0.5, 0.6) is 0 Å². The van der Waals surface area contributed by atoms with Crippen LogP contribution in [0.4, 0.5) is 11.8 Å². The van der Waals surface area contributed by atoms with Crippen molar-refractivity contribution < 1.29 is 4.79 Å². The fourth-order valence-corrected chi connectivity index (χ4v) is 3.73. The maximum atomic E-state index is 13.5. The van der Waals surface area contributed by atoms with Gasteiger partial charge in [0, 0.05) is 17.6 Å². The lowest BCUT2D eigenvalue weighted by atomic mass is 10.1. The van der Waals surface area contributed by atoms with Crippen molar-refractivity contribution in [3.63, 3.8) is 0 Å². The molecule has 2 heterocycles. The number of amides is 1. The molecule has 4 rings (SSSR count). The van der Waals surface area contributed by atoms with E-state index in [1.165, 1.54) is 6.20 Å². The molecule has 0 saturated carbocycles. The average Bonchev–Trinajstić information content (AvgIpc) is 2.74. The minimum absolute atomic E-state index is 0.00885. The Hall–Kier alpha value is -3.91. The molecule has 0 bridgehead atoms. The minimum atomic E-state index is -0.694. The minimum Gasteiger partial charge on any atom is -0.368 e. The number of aromatic nitrogens is 3. The number of fused-ring (bicyclic) bond motifs is 1. The van der Waals surface area contributed by atoms with E-state index in [1.807, 2.05) is 49.4 Å². The summed E-state index contributed by atoms with van der Waals surface area (Å²) in [4.78, 5) is 33.2. The second-order valence-corrected chi connectivity index (χ2v) is 7.38. The zero-order valence-electron chi connectivity index (χ0n) is 16.5. The molecule has 0 aliphatic carbocycles. The van der Waals surface area contributed by atoms with E-state index in [4.69, 9.17) is 23.1 Å². The Bertz CT molecular complexity index is 1350. The number of nitrogens with two attached hydrogens (primary N) is 2. The number of anilines is 2. The number of nitrogens with one attached hydrogen (secondary N) is 1. The quantitative estimate of drug-likeness (QED) is 0.442. The number of carbonyl (C=O) groups is 1. The van der Waals surface area contributed by atoms with E-state index >= 15 is 0 Å². The maximum absolute atomic E-state index is 13.5. The molecule has 0 radical (unpaired) electrons. The molecule has 1 amide bonds. The van der Waals surface area contributed by atoms with Gasteiger partial charge >= 0.3 is 0 Å². The largest absolute Gasteiger partial charge is 0.368 e. The number of para-hydroxylation sites is 1. The number of hydrogen-bond donors (Lipinski definition) is 3. The number of nitrogen functional groups attached to an aromatic ring is 1. The molecule has 0 aliphatic rings. The molecular weight excluding hydrogens is 416 g/mol. The molecule has 0 fully saturated rings. The summed E-state index contributed by atoms with van der Waals surface area (Å²) in [5, 5.41) is 4.64. The topological polar surface area (TPSA) is 129 Å². The average molecular weight is 435 g/mol. The highest BCUT2D eigenvalue weighted by molar-refractivity contribution is 6.35. The smallest absolute Gasteiger partial charge is 0.264 e. The molecule has 4 aromatic rings. The van der Waals surface area contributed by atoms with E-state index < -0.39 is 11.9 Å². The van der Waals surface area contributed by atoms with Crippen LogP contribution < -0.4 is 22.3 Å². The first-order valence-corrected chi connectivity index (χ1v) is 9.83. The summed E-state index contributed by atoms with van der Waals surface area (Å²) in [6.45, 7) is 1.84. The predicted octanol–water partition coefficient (Wildman–Crippen LogP) is 3.29. The first-order valence-electron chi connectivity index (χ1n) is 9.45.